The summed E-state index contributed by atoms with van der Waals surface area (Å²) in [6, 6.07) is 2.68. The Kier molecular flexibility index (Phi) is 3.87. The Morgan fingerprint density at radius 2 is 1.93 bits per heavy atom. The van der Waals surface area contributed by atoms with E-state index in [1.54, 1.807) is 0 Å². The van der Waals surface area contributed by atoms with E-state index in [-0.39, 0.29) is 5.41 Å². The molecule has 15 heavy (non-hydrogen) atoms. The average Bonchev–Trinajstić information content (AvgIpc) is 2.19. The molecular formula is C12H20N2O. The summed E-state index contributed by atoms with van der Waals surface area (Å²) in [5.74, 6) is -0.438. The Balaban J connectivity index is 2.62. The minimum absolute atomic E-state index is 0.109. The Bertz CT molecular complexity index is 259. The van der Waals surface area contributed by atoms with Crippen LogP contribution in [0.3, 0.4) is 0 Å². The van der Waals surface area contributed by atoms with Crippen molar-refractivity contribution < 1.29 is 4.79 Å². The van der Waals surface area contributed by atoms with Crippen LogP contribution in [0.5, 0.6) is 0 Å². The smallest absolute Gasteiger partial charge is 0.137 e. The summed E-state index contributed by atoms with van der Waals surface area (Å²) >= 11 is 0. The van der Waals surface area contributed by atoms with Crippen LogP contribution >= 0.6 is 0 Å². The molecule has 0 aromatic rings. The van der Waals surface area contributed by atoms with Gasteiger partial charge in [0.2, 0.25) is 0 Å². The zero-order chi connectivity index (χ0) is 11.5. The summed E-state index contributed by atoms with van der Waals surface area (Å²) in [6.07, 6.45) is 2.70. The molecule has 84 valence electrons. The van der Waals surface area contributed by atoms with Crippen LogP contribution in [0.25, 0.3) is 0 Å². The van der Waals surface area contributed by atoms with E-state index in [0.717, 1.165) is 32.2 Å². The number of hydrogen-bond donors (Lipinski definition) is 0. The Hall–Kier alpha value is -0.880. The molecule has 1 aliphatic heterocycles. The summed E-state index contributed by atoms with van der Waals surface area (Å²) in [7, 11) is 0. The third kappa shape index (κ3) is 2.57. The number of rotatable bonds is 3. The molecule has 3 heteroatoms. The fourth-order valence-electron chi connectivity index (χ4n) is 2.21. The fraction of sp³-hybridized carbons (Fsp3) is 0.833. The summed E-state index contributed by atoms with van der Waals surface area (Å²) in [5.41, 5.74) is -0.109. The van der Waals surface area contributed by atoms with Gasteiger partial charge in [-0.1, -0.05) is 6.92 Å². The van der Waals surface area contributed by atoms with Crippen LogP contribution in [-0.4, -0.2) is 30.3 Å². The van der Waals surface area contributed by atoms with Gasteiger partial charge in [-0.15, -0.1) is 0 Å². The Labute approximate surface area is 92.1 Å². The molecule has 1 saturated heterocycles. The normalized spacial score (nSPS) is 23.4. The van der Waals surface area contributed by atoms with Gasteiger partial charge in [0.05, 0.1) is 6.07 Å². The van der Waals surface area contributed by atoms with Gasteiger partial charge in [0.25, 0.3) is 0 Å². The van der Waals surface area contributed by atoms with E-state index in [1.807, 2.05) is 0 Å². The lowest BCUT2D eigenvalue weighted by Crippen LogP contribution is -2.45. The molecule has 1 fully saturated rings. The van der Waals surface area contributed by atoms with Gasteiger partial charge < -0.3 is 9.69 Å². The Morgan fingerprint density at radius 3 is 2.27 bits per heavy atom. The molecule has 0 saturated carbocycles. The van der Waals surface area contributed by atoms with Crippen molar-refractivity contribution in [1.29, 1.82) is 5.26 Å². The van der Waals surface area contributed by atoms with Crippen LogP contribution in [0.4, 0.5) is 0 Å². The summed E-state index contributed by atoms with van der Waals surface area (Å²) < 4.78 is 0. The Morgan fingerprint density at radius 1 is 1.40 bits per heavy atom. The second-order valence-electron chi connectivity index (χ2n) is 5.03. The lowest BCUT2D eigenvalue weighted by molar-refractivity contribution is -0.113. The number of carbonyl (C=O) groups excluding carboxylic acids is 1. The van der Waals surface area contributed by atoms with Gasteiger partial charge in [-0.2, -0.15) is 5.26 Å². The molecule has 1 atom stereocenters. The molecule has 1 rings (SSSR count). The zero-order valence-corrected chi connectivity index (χ0v) is 9.86. The highest BCUT2D eigenvalue weighted by Gasteiger charge is 2.37. The molecule has 0 amide bonds. The zero-order valence-electron chi connectivity index (χ0n) is 9.86. The quantitative estimate of drug-likeness (QED) is 0.665. The number of hydrogen-bond acceptors (Lipinski definition) is 3. The summed E-state index contributed by atoms with van der Waals surface area (Å²) in [5, 5.41) is 8.92. The van der Waals surface area contributed by atoms with Crippen molar-refractivity contribution in [2.24, 2.45) is 11.3 Å². The maximum Gasteiger partial charge on any atom is 0.137 e. The molecule has 3 nitrogen and oxygen atoms in total. The minimum atomic E-state index is -0.438. The van der Waals surface area contributed by atoms with Crippen molar-refractivity contribution in [2.75, 3.05) is 13.1 Å². The highest BCUT2D eigenvalue weighted by atomic mass is 16.1. The SMILES string of the molecule is CC(C)N1CCC(C)(C(C#N)C=O)CC1. The maximum atomic E-state index is 10.8. The van der Waals surface area contributed by atoms with Crippen LogP contribution in [0, 0.1) is 22.7 Å². The van der Waals surface area contributed by atoms with Gasteiger partial charge in [0, 0.05) is 6.04 Å². The second-order valence-corrected chi connectivity index (χ2v) is 5.03. The highest BCUT2D eigenvalue weighted by Crippen LogP contribution is 2.37. The number of nitriles is 1. The molecular weight excluding hydrogens is 188 g/mol. The number of likely N-dealkylation sites (tertiary alicyclic amines) is 1. The minimum Gasteiger partial charge on any atom is -0.302 e. The highest BCUT2D eigenvalue weighted by molar-refractivity contribution is 5.59. The van der Waals surface area contributed by atoms with Gasteiger partial charge >= 0.3 is 0 Å². The standard InChI is InChI=1S/C12H20N2O/c1-10(2)14-6-4-12(3,5-7-14)11(8-13)9-15/h9-11H,4-7H2,1-3H3. The molecule has 0 bridgehead atoms. The molecule has 0 spiro atoms. The first-order chi connectivity index (χ1) is 7.03. The maximum absolute atomic E-state index is 10.8. The number of carbonyl (C=O) groups is 1. The first kappa shape index (κ1) is 12.2. The monoisotopic (exact) mass is 208 g/mol. The van der Waals surface area contributed by atoms with Crippen molar-refractivity contribution in [3.63, 3.8) is 0 Å². The molecule has 0 N–H and O–H groups in total. The third-order valence-corrected chi connectivity index (χ3v) is 3.70. The average molecular weight is 208 g/mol. The van der Waals surface area contributed by atoms with Crippen molar-refractivity contribution in [2.45, 2.75) is 39.7 Å². The predicted molar refractivity (Wildman–Crippen MR) is 59.2 cm³/mol. The number of aldehydes is 1. The van der Waals surface area contributed by atoms with Gasteiger partial charge in [0.1, 0.15) is 12.2 Å². The van der Waals surface area contributed by atoms with Gasteiger partial charge in [-0.3, -0.25) is 0 Å². The second kappa shape index (κ2) is 4.76. The van der Waals surface area contributed by atoms with Crippen molar-refractivity contribution in [1.82, 2.24) is 4.90 Å². The summed E-state index contributed by atoms with van der Waals surface area (Å²) in [6.45, 7) is 8.43. The van der Waals surface area contributed by atoms with Crippen molar-refractivity contribution in [3.05, 3.63) is 0 Å². The van der Waals surface area contributed by atoms with E-state index in [4.69, 9.17) is 5.26 Å². The van der Waals surface area contributed by atoms with Crippen molar-refractivity contribution in [3.8, 4) is 6.07 Å². The molecule has 1 unspecified atom stereocenters. The van der Waals surface area contributed by atoms with Crippen LogP contribution < -0.4 is 0 Å². The van der Waals surface area contributed by atoms with Crippen LogP contribution in [0.2, 0.25) is 0 Å². The molecule has 0 aromatic carbocycles. The molecule has 0 aromatic heterocycles. The largest absolute Gasteiger partial charge is 0.302 e. The van der Waals surface area contributed by atoms with Gasteiger partial charge in [-0.05, 0) is 45.2 Å². The van der Waals surface area contributed by atoms with Crippen LogP contribution in [0.1, 0.15) is 33.6 Å². The number of piperidine rings is 1. The third-order valence-electron chi connectivity index (χ3n) is 3.70. The van der Waals surface area contributed by atoms with Gasteiger partial charge in [0.15, 0.2) is 0 Å². The fourth-order valence-corrected chi connectivity index (χ4v) is 2.21. The first-order valence-electron chi connectivity index (χ1n) is 5.62. The van der Waals surface area contributed by atoms with E-state index in [0.29, 0.717) is 6.04 Å². The summed E-state index contributed by atoms with van der Waals surface area (Å²) in [4.78, 5) is 13.2. The first-order valence-corrected chi connectivity index (χ1v) is 5.62. The van der Waals surface area contributed by atoms with Gasteiger partial charge in [-0.25, -0.2) is 0 Å². The lowest BCUT2D eigenvalue weighted by Gasteiger charge is -2.42. The molecule has 0 radical (unpaired) electrons. The van der Waals surface area contributed by atoms with E-state index in [9.17, 15) is 4.79 Å². The predicted octanol–water partition coefficient (Wildman–Crippen LogP) is 1.84. The number of nitrogens with zero attached hydrogens (tertiary/aromatic N) is 2. The van der Waals surface area contributed by atoms with E-state index in [1.165, 1.54) is 0 Å². The van der Waals surface area contributed by atoms with E-state index in [2.05, 4.69) is 31.7 Å². The van der Waals surface area contributed by atoms with Crippen molar-refractivity contribution >= 4 is 6.29 Å². The van der Waals surface area contributed by atoms with Crippen LogP contribution in [0.15, 0.2) is 0 Å². The van der Waals surface area contributed by atoms with E-state index < -0.39 is 5.92 Å². The molecule has 1 heterocycles. The van der Waals surface area contributed by atoms with E-state index >= 15 is 0 Å². The lowest BCUT2D eigenvalue weighted by atomic mass is 9.71. The topological polar surface area (TPSA) is 44.1 Å². The molecule has 1 aliphatic rings. The van der Waals surface area contributed by atoms with Crippen LogP contribution in [-0.2, 0) is 4.79 Å². The molecule has 0 aliphatic carbocycles.